The van der Waals surface area contributed by atoms with E-state index in [0.717, 1.165) is 89.9 Å². The van der Waals surface area contributed by atoms with Crippen LogP contribution in [0.4, 0.5) is 0 Å². The highest BCUT2D eigenvalue weighted by Gasteiger charge is 2.28. The Labute approximate surface area is 439 Å². The Morgan fingerprint density at radius 2 is 0.750 bits per heavy atom. The summed E-state index contributed by atoms with van der Waals surface area (Å²) in [6.07, 6.45) is 60.2. The van der Waals surface area contributed by atoms with E-state index in [1.54, 1.807) is 0 Å². The number of hydrogen-bond donors (Lipinski definition) is 2. The van der Waals surface area contributed by atoms with Gasteiger partial charge in [-0.25, -0.2) is 4.57 Å². The van der Waals surface area contributed by atoms with Crippen molar-refractivity contribution < 1.29 is 52.2 Å². The Morgan fingerprint density at radius 3 is 1.21 bits per heavy atom. The zero-order chi connectivity index (χ0) is 52.7. The minimum Gasteiger partial charge on any atom is -0.462 e. The summed E-state index contributed by atoms with van der Waals surface area (Å²) in [6, 6.07) is 0. The fourth-order valence-corrected chi connectivity index (χ4v) is 8.51. The summed E-state index contributed by atoms with van der Waals surface area (Å²) >= 11 is 0. The first-order chi connectivity index (χ1) is 35.2. The van der Waals surface area contributed by atoms with E-state index in [2.05, 4.69) is 87.6 Å². The molecule has 3 atom stereocenters. The summed E-state index contributed by atoms with van der Waals surface area (Å²) in [4.78, 5) is 48.5. The van der Waals surface area contributed by atoms with Gasteiger partial charge in [-0.3, -0.25) is 23.4 Å². The number of aliphatic hydroxyl groups excluding tert-OH is 1. The maximum atomic E-state index is 12.9. The number of phosphoric ester groups is 1. The van der Waals surface area contributed by atoms with Gasteiger partial charge in [-0.15, -0.1) is 0 Å². The smallest absolute Gasteiger partial charge is 0.462 e. The predicted octanol–water partition coefficient (Wildman–Crippen LogP) is 16.9. The molecular formula is C60H105O11P. The Hall–Kier alpha value is -3.08. The molecule has 0 aliphatic rings. The Morgan fingerprint density at radius 1 is 0.403 bits per heavy atom. The summed E-state index contributed by atoms with van der Waals surface area (Å²) in [7, 11) is -4.76. The molecule has 416 valence electrons. The number of allylic oxidation sites excluding steroid dienone is 12. The molecule has 0 fully saturated rings. The van der Waals surface area contributed by atoms with Gasteiger partial charge in [0.2, 0.25) is 0 Å². The molecule has 0 aromatic carbocycles. The molecule has 0 saturated heterocycles. The number of ether oxygens (including phenoxy) is 3. The molecule has 0 aliphatic heterocycles. The maximum absolute atomic E-state index is 12.9. The maximum Gasteiger partial charge on any atom is 0.472 e. The second-order valence-corrected chi connectivity index (χ2v) is 20.5. The summed E-state index contributed by atoms with van der Waals surface area (Å²) < 4.78 is 39.4. The van der Waals surface area contributed by atoms with Crippen molar-refractivity contribution in [2.24, 2.45) is 0 Å². The van der Waals surface area contributed by atoms with Gasteiger partial charge in [-0.1, -0.05) is 229 Å². The van der Waals surface area contributed by atoms with Gasteiger partial charge in [0.15, 0.2) is 6.10 Å². The number of phosphoric acid groups is 1. The molecule has 3 unspecified atom stereocenters. The molecule has 0 aliphatic carbocycles. The van der Waals surface area contributed by atoms with Crippen LogP contribution >= 0.6 is 7.82 Å². The molecule has 0 bridgehead atoms. The number of unbranched alkanes of at least 4 members (excludes halogenated alkanes) is 24. The van der Waals surface area contributed by atoms with Crippen LogP contribution in [0.15, 0.2) is 72.9 Å². The summed E-state index contributed by atoms with van der Waals surface area (Å²) in [6.45, 7) is 4.44. The van der Waals surface area contributed by atoms with Crippen LogP contribution in [0, 0.1) is 0 Å². The molecule has 0 rings (SSSR count). The summed E-state index contributed by atoms with van der Waals surface area (Å²) in [5.74, 6) is -1.54. The number of aliphatic hydroxyl groups is 1. The third-order valence-corrected chi connectivity index (χ3v) is 13.1. The van der Waals surface area contributed by atoms with Crippen LogP contribution in [-0.2, 0) is 42.2 Å². The molecule has 12 heteroatoms. The highest BCUT2D eigenvalue weighted by molar-refractivity contribution is 7.47. The third kappa shape index (κ3) is 51.8. The van der Waals surface area contributed by atoms with Crippen LogP contribution in [-0.4, -0.2) is 66.5 Å². The lowest BCUT2D eigenvalue weighted by atomic mass is 10.0. The molecule has 0 spiro atoms. The van der Waals surface area contributed by atoms with Crippen molar-refractivity contribution in [2.45, 2.75) is 264 Å². The molecule has 0 aromatic rings. The largest absolute Gasteiger partial charge is 0.472 e. The lowest BCUT2D eigenvalue weighted by molar-refractivity contribution is -0.161. The quantitative estimate of drug-likeness (QED) is 0.0197. The molecule has 0 saturated carbocycles. The minimum absolute atomic E-state index is 0.148. The van der Waals surface area contributed by atoms with Gasteiger partial charge in [0.25, 0.3) is 0 Å². The standard InChI is InChI=1S/C60H105O11P/c1-4-7-10-13-16-19-22-24-26-28-30-32-35-37-40-43-46-49-58(62)67-53-57(71-60(64)51-48-45-42-39-36-33-31-29-27-25-23-20-17-14-11-8-5-2)55-69-72(65,66)68-54-56(52-61)70-59(63)50-47-44-41-38-34-21-18-15-12-9-6-3/h7,10,15-16,18-19,24,26,30,32,37,40,56-57,61H,4-6,8-9,11-14,17,20-23,25,27-29,31,33-36,38-39,41-55H2,1-3H3,(H,65,66)/b10-7-,18-15-,19-16-,26-24-,32-30-,40-37-. The van der Waals surface area contributed by atoms with Crippen LogP contribution in [0.3, 0.4) is 0 Å². The molecular weight excluding hydrogens is 928 g/mol. The lowest BCUT2D eigenvalue weighted by Gasteiger charge is -2.21. The van der Waals surface area contributed by atoms with Gasteiger partial charge >= 0.3 is 25.7 Å². The van der Waals surface area contributed by atoms with Crippen molar-refractivity contribution in [1.82, 2.24) is 0 Å². The Bertz CT molecular complexity index is 1490. The van der Waals surface area contributed by atoms with Gasteiger partial charge in [-0.2, -0.15) is 0 Å². The first-order valence-electron chi connectivity index (χ1n) is 28.8. The Kier molecular flexibility index (Phi) is 51.9. The molecule has 0 heterocycles. The minimum atomic E-state index is -4.76. The van der Waals surface area contributed by atoms with Gasteiger partial charge in [0.05, 0.1) is 19.8 Å². The van der Waals surface area contributed by atoms with Crippen LogP contribution in [0.1, 0.15) is 252 Å². The average Bonchev–Trinajstić information content (AvgIpc) is 3.37. The molecule has 0 amide bonds. The Balaban J connectivity index is 4.80. The van der Waals surface area contributed by atoms with Crippen LogP contribution in [0.2, 0.25) is 0 Å². The number of hydrogen-bond acceptors (Lipinski definition) is 10. The SMILES string of the molecule is CC/C=C\C/C=C\C/C=C\C/C=C\C/C=C\CCCC(=O)OCC(COP(=O)(O)OCC(CO)OC(=O)CCCCCCC/C=C\CCCC)OC(=O)CCCCCCCCCCCCCCCCCCC. The van der Waals surface area contributed by atoms with Gasteiger partial charge < -0.3 is 24.2 Å². The highest BCUT2D eigenvalue weighted by atomic mass is 31.2. The van der Waals surface area contributed by atoms with E-state index in [1.165, 1.54) is 96.3 Å². The van der Waals surface area contributed by atoms with Gasteiger partial charge in [0.1, 0.15) is 12.7 Å². The molecule has 2 N–H and O–H groups in total. The second kappa shape index (κ2) is 54.2. The molecule has 0 radical (unpaired) electrons. The van der Waals surface area contributed by atoms with Crippen molar-refractivity contribution in [2.75, 3.05) is 26.4 Å². The first-order valence-corrected chi connectivity index (χ1v) is 30.3. The average molecular weight is 1030 g/mol. The normalized spacial score (nSPS) is 13.9. The zero-order valence-electron chi connectivity index (χ0n) is 45.9. The molecule has 0 aromatic heterocycles. The van der Waals surface area contributed by atoms with Crippen molar-refractivity contribution in [3.8, 4) is 0 Å². The van der Waals surface area contributed by atoms with Crippen molar-refractivity contribution in [3.63, 3.8) is 0 Å². The fourth-order valence-electron chi connectivity index (χ4n) is 7.73. The van der Waals surface area contributed by atoms with E-state index in [-0.39, 0.29) is 25.9 Å². The van der Waals surface area contributed by atoms with E-state index in [4.69, 9.17) is 23.3 Å². The van der Waals surface area contributed by atoms with Crippen molar-refractivity contribution in [1.29, 1.82) is 0 Å². The highest BCUT2D eigenvalue weighted by Crippen LogP contribution is 2.43. The first kappa shape index (κ1) is 68.9. The van der Waals surface area contributed by atoms with E-state index in [0.29, 0.717) is 25.7 Å². The molecule has 72 heavy (non-hydrogen) atoms. The van der Waals surface area contributed by atoms with Gasteiger partial charge in [-0.05, 0) is 77.0 Å². The zero-order valence-corrected chi connectivity index (χ0v) is 46.8. The van der Waals surface area contributed by atoms with E-state index < -0.39 is 57.8 Å². The number of carbonyl (C=O) groups is 3. The second-order valence-electron chi connectivity index (χ2n) is 19.1. The lowest BCUT2D eigenvalue weighted by Crippen LogP contribution is -2.30. The number of carbonyl (C=O) groups excluding carboxylic acids is 3. The van der Waals surface area contributed by atoms with Crippen molar-refractivity contribution >= 4 is 25.7 Å². The van der Waals surface area contributed by atoms with Crippen LogP contribution in [0.5, 0.6) is 0 Å². The summed E-state index contributed by atoms with van der Waals surface area (Å²) in [5, 5.41) is 9.79. The van der Waals surface area contributed by atoms with E-state index in [1.807, 2.05) is 6.08 Å². The fraction of sp³-hybridized carbons (Fsp3) is 0.750. The number of rotatable bonds is 53. The van der Waals surface area contributed by atoms with E-state index in [9.17, 15) is 28.9 Å². The van der Waals surface area contributed by atoms with Crippen LogP contribution in [0.25, 0.3) is 0 Å². The summed E-state index contributed by atoms with van der Waals surface area (Å²) in [5.41, 5.74) is 0. The predicted molar refractivity (Wildman–Crippen MR) is 298 cm³/mol. The third-order valence-electron chi connectivity index (χ3n) is 12.1. The topological polar surface area (TPSA) is 155 Å². The molecule has 11 nitrogen and oxygen atoms in total. The van der Waals surface area contributed by atoms with E-state index >= 15 is 0 Å². The van der Waals surface area contributed by atoms with Crippen molar-refractivity contribution in [3.05, 3.63) is 72.9 Å². The van der Waals surface area contributed by atoms with Crippen LogP contribution < -0.4 is 0 Å². The monoisotopic (exact) mass is 1030 g/mol. The number of esters is 3. The van der Waals surface area contributed by atoms with Gasteiger partial charge in [0, 0.05) is 19.3 Å².